The van der Waals surface area contributed by atoms with Gasteiger partial charge in [-0.25, -0.2) is 9.59 Å². The molecule has 0 radical (unpaired) electrons. The monoisotopic (exact) mass is 268 g/mol. The van der Waals surface area contributed by atoms with Gasteiger partial charge in [0.2, 0.25) is 0 Å². The van der Waals surface area contributed by atoms with Crippen molar-refractivity contribution in [3.05, 3.63) is 29.8 Å². The highest BCUT2D eigenvalue weighted by atomic mass is 16.6. The molecule has 0 aliphatic heterocycles. The summed E-state index contributed by atoms with van der Waals surface area (Å²) < 4.78 is 9.54. The summed E-state index contributed by atoms with van der Waals surface area (Å²) in [5, 5.41) is 13.5. The normalized spacial score (nSPS) is 9.74. The Bertz CT molecular complexity index is 419. The molecule has 0 aromatic heterocycles. The molecule has 1 aromatic rings. The Balaban J connectivity index is 2.20. The number of carbonyl (C=O) groups excluding carboxylic acids is 1. The zero-order valence-corrected chi connectivity index (χ0v) is 10.5. The van der Waals surface area contributed by atoms with Crippen molar-refractivity contribution < 1.29 is 24.2 Å². The van der Waals surface area contributed by atoms with Crippen molar-refractivity contribution in [2.24, 2.45) is 0 Å². The van der Waals surface area contributed by atoms with Crippen LogP contribution < -0.4 is 10.6 Å². The Labute approximate surface area is 110 Å². The van der Waals surface area contributed by atoms with Crippen molar-refractivity contribution in [2.45, 2.75) is 6.61 Å². The minimum atomic E-state index is -1.10. The van der Waals surface area contributed by atoms with E-state index in [1.54, 1.807) is 0 Å². The zero-order valence-electron chi connectivity index (χ0n) is 10.5. The predicted octanol–water partition coefficient (Wildman–Crippen LogP) is 1.01. The number of rotatable bonds is 7. The Kier molecular flexibility index (Phi) is 6.17. The van der Waals surface area contributed by atoms with Crippen LogP contribution in [0.15, 0.2) is 24.3 Å². The van der Waals surface area contributed by atoms with E-state index in [4.69, 9.17) is 9.84 Å². The summed E-state index contributed by atoms with van der Waals surface area (Å²) in [6, 6.07) is 7.40. The molecule has 0 atom stereocenters. The maximum absolute atomic E-state index is 11.2. The number of nitrogens with one attached hydrogen (secondary N) is 2. The maximum Gasteiger partial charge on any atom is 0.409 e. The molecule has 1 amide bonds. The fraction of sp³-hybridized carbons (Fsp3) is 0.333. The average Bonchev–Trinajstić information content (AvgIpc) is 2.41. The first-order valence-electron chi connectivity index (χ1n) is 5.58. The number of amides is 1. The number of ether oxygens (including phenoxy) is 2. The van der Waals surface area contributed by atoms with Gasteiger partial charge in [-0.15, -0.1) is 0 Å². The molecule has 0 unspecified atom stereocenters. The van der Waals surface area contributed by atoms with Crippen LogP contribution in [0.2, 0.25) is 0 Å². The molecule has 104 valence electrons. The van der Waals surface area contributed by atoms with Crippen LogP contribution in [0.4, 0.5) is 10.5 Å². The van der Waals surface area contributed by atoms with E-state index in [1.807, 2.05) is 31.3 Å². The summed E-state index contributed by atoms with van der Waals surface area (Å²) in [6.45, 7) is -0.537. The molecule has 0 heterocycles. The summed E-state index contributed by atoms with van der Waals surface area (Å²) in [6.07, 6.45) is -0.664. The number of aliphatic carboxylic acids is 1. The molecule has 0 aliphatic carbocycles. The lowest BCUT2D eigenvalue weighted by Crippen LogP contribution is -2.28. The summed E-state index contributed by atoms with van der Waals surface area (Å²) in [4.78, 5) is 21.3. The molecule has 3 N–H and O–H groups in total. The maximum atomic E-state index is 11.2. The van der Waals surface area contributed by atoms with Gasteiger partial charge in [0.1, 0.15) is 19.9 Å². The number of hydrogen-bond acceptors (Lipinski definition) is 5. The summed E-state index contributed by atoms with van der Waals surface area (Å²) in [7, 11) is 1.82. The van der Waals surface area contributed by atoms with Crippen molar-refractivity contribution >= 4 is 17.7 Å². The van der Waals surface area contributed by atoms with Crippen LogP contribution in [0, 0.1) is 0 Å². The van der Waals surface area contributed by atoms with Crippen LogP contribution in [-0.4, -0.2) is 37.6 Å². The predicted molar refractivity (Wildman–Crippen MR) is 67.8 cm³/mol. The number of carboxylic acids is 1. The molecule has 0 bridgehead atoms. The highest BCUT2D eigenvalue weighted by Gasteiger charge is 2.03. The molecule has 0 saturated carbocycles. The fourth-order valence-electron chi connectivity index (χ4n) is 1.22. The van der Waals surface area contributed by atoms with E-state index in [-0.39, 0.29) is 13.3 Å². The highest BCUT2D eigenvalue weighted by Crippen LogP contribution is 2.09. The number of alkyl carbamates (subject to hydrolysis) is 1. The van der Waals surface area contributed by atoms with Crippen molar-refractivity contribution in [3.63, 3.8) is 0 Å². The minimum absolute atomic E-state index is 0.134. The van der Waals surface area contributed by atoms with Crippen LogP contribution in [0.25, 0.3) is 0 Å². The Hall–Kier alpha value is -2.28. The van der Waals surface area contributed by atoms with Gasteiger partial charge in [0.15, 0.2) is 0 Å². The van der Waals surface area contributed by atoms with E-state index >= 15 is 0 Å². The quantitative estimate of drug-likeness (QED) is 0.504. The Morgan fingerprint density at radius 2 is 1.95 bits per heavy atom. The summed E-state index contributed by atoms with van der Waals surface area (Å²) >= 11 is 0. The molecule has 0 fully saturated rings. The van der Waals surface area contributed by atoms with Crippen LogP contribution in [0.1, 0.15) is 5.56 Å². The van der Waals surface area contributed by atoms with Gasteiger partial charge in [0.05, 0.1) is 0 Å². The lowest BCUT2D eigenvalue weighted by Gasteiger charge is -2.07. The smallest absolute Gasteiger partial charge is 0.409 e. The van der Waals surface area contributed by atoms with E-state index in [9.17, 15) is 9.59 Å². The van der Waals surface area contributed by atoms with E-state index < -0.39 is 18.7 Å². The standard InChI is InChI=1S/C12H16N2O5/c1-13-10-4-2-9(3-5-10)6-19-12(17)14-8-18-7-11(15)16/h2-5,13H,6-8H2,1H3,(H,14,17)(H,15,16). The molecule has 7 nitrogen and oxygen atoms in total. The summed E-state index contributed by atoms with van der Waals surface area (Å²) in [5.41, 5.74) is 1.82. The Morgan fingerprint density at radius 1 is 1.26 bits per heavy atom. The van der Waals surface area contributed by atoms with Crippen LogP contribution in [0.3, 0.4) is 0 Å². The van der Waals surface area contributed by atoms with E-state index in [1.165, 1.54) is 0 Å². The Morgan fingerprint density at radius 3 is 2.53 bits per heavy atom. The van der Waals surface area contributed by atoms with Crippen LogP contribution in [0.5, 0.6) is 0 Å². The van der Waals surface area contributed by atoms with Gasteiger partial charge in [-0.2, -0.15) is 0 Å². The molecular weight excluding hydrogens is 252 g/mol. The van der Waals surface area contributed by atoms with Crippen molar-refractivity contribution in [1.82, 2.24) is 5.32 Å². The highest BCUT2D eigenvalue weighted by molar-refractivity contribution is 5.68. The molecular formula is C12H16N2O5. The number of anilines is 1. The van der Waals surface area contributed by atoms with Gasteiger partial charge >= 0.3 is 12.1 Å². The number of carbonyl (C=O) groups is 2. The van der Waals surface area contributed by atoms with Crippen LogP contribution >= 0.6 is 0 Å². The fourth-order valence-corrected chi connectivity index (χ4v) is 1.22. The van der Waals surface area contributed by atoms with Crippen molar-refractivity contribution in [1.29, 1.82) is 0 Å². The average molecular weight is 268 g/mol. The second-order valence-corrected chi connectivity index (χ2v) is 3.59. The molecule has 0 aliphatic rings. The number of benzene rings is 1. The second-order valence-electron chi connectivity index (χ2n) is 3.59. The molecule has 19 heavy (non-hydrogen) atoms. The van der Waals surface area contributed by atoms with Gasteiger partial charge < -0.3 is 19.9 Å². The van der Waals surface area contributed by atoms with Gasteiger partial charge in [0.25, 0.3) is 0 Å². The minimum Gasteiger partial charge on any atom is -0.480 e. The third kappa shape index (κ3) is 6.27. The molecule has 0 saturated heterocycles. The lowest BCUT2D eigenvalue weighted by atomic mass is 10.2. The lowest BCUT2D eigenvalue weighted by molar-refractivity contribution is -0.142. The van der Waals surface area contributed by atoms with Gasteiger partial charge in [-0.05, 0) is 17.7 Å². The van der Waals surface area contributed by atoms with Crippen LogP contribution in [-0.2, 0) is 20.9 Å². The third-order valence-corrected chi connectivity index (χ3v) is 2.16. The van der Waals surface area contributed by atoms with E-state index in [0.29, 0.717) is 0 Å². The number of carboxylic acid groups (broad SMARTS) is 1. The first kappa shape index (κ1) is 14.8. The van der Waals surface area contributed by atoms with Crippen molar-refractivity contribution in [3.8, 4) is 0 Å². The molecule has 7 heteroatoms. The molecule has 0 spiro atoms. The first-order chi connectivity index (χ1) is 9.11. The zero-order chi connectivity index (χ0) is 14.1. The van der Waals surface area contributed by atoms with Crippen molar-refractivity contribution in [2.75, 3.05) is 25.7 Å². The SMILES string of the molecule is CNc1ccc(COC(=O)NCOCC(=O)O)cc1. The second kappa shape index (κ2) is 7.93. The summed E-state index contributed by atoms with van der Waals surface area (Å²) in [5.74, 6) is -1.10. The molecule has 1 aromatic carbocycles. The number of hydrogen-bond donors (Lipinski definition) is 3. The van der Waals surface area contributed by atoms with E-state index in [2.05, 4.69) is 15.4 Å². The molecule has 1 rings (SSSR count). The van der Waals surface area contributed by atoms with Gasteiger partial charge in [-0.3, -0.25) is 5.32 Å². The van der Waals surface area contributed by atoms with Gasteiger partial charge in [-0.1, -0.05) is 12.1 Å². The topological polar surface area (TPSA) is 96.9 Å². The van der Waals surface area contributed by atoms with E-state index in [0.717, 1.165) is 11.3 Å². The first-order valence-corrected chi connectivity index (χ1v) is 5.58. The largest absolute Gasteiger partial charge is 0.480 e. The van der Waals surface area contributed by atoms with Gasteiger partial charge in [0, 0.05) is 12.7 Å². The third-order valence-electron chi connectivity index (χ3n) is 2.16.